The highest BCUT2D eigenvalue weighted by atomic mass is 19.1. The summed E-state index contributed by atoms with van der Waals surface area (Å²) in [6.45, 7) is 0.363. The molecule has 2 aromatic carbocycles. The molecular formula is C21H17FN4O. The van der Waals surface area contributed by atoms with E-state index < -0.39 is 0 Å². The number of amides is 1. The van der Waals surface area contributed by atoms with E-state index in [-0.39, 0.29) is 11.7 Å². The predicted molar refractivity (Wildman–Crippen MR) is 103 cm³/mol. The monoisotopic (exact) mass is 360 g/mol. The van der Waals surface area contributed by atoms with Crippen LogP contribution in [0.15, 0.2) is 72.9 Å². The SMILES string of the molecule is O=C(NCc1cc2ccccc2[nH]1)c1cccnc1Nc1cccc(F)c1. The molecule has 0 spiro atoms. The third kappa shape index (κ3) is 3.79. The molecule has 0 fully saturated rings. The Labute approximate surface area is 155 Å². The van der Waals surface area contributed by atoms with Crippen molar-refractivity contribution in [3.05, 3.63) is 90.0 Å². The average Bonchev–Trinajstić information content (AvgIpc) is 3.09. The van der Waals surface area contributed by atoms with Crippen molar-refractivity contribution in [2.45, 2.75) is 6.54 Å². The summed E-state index contributed by atoms with van der Waals surface area (Å²) < 4.78 is 13.4. The quantitative estimate of drug-likeness (QED) is 0.495. The molecule has 0 atom stereocenters. The van der Waals surface area contributed by atoms with Gasteiger partial charge in [0.05, 0.1) is 12.1 Å². The molecule has 0 unspecified atom stereocenters. The minimum absolute atomic E-state index is 0.263. The number of nitrogens with zero attached hydrogens (tertiary/aromatic N) is 1. The van der Waals surface area contributed by atoms with Gasteiger partial charge in [-0.05, 0) is 47.9 Å². The standard InChI is InChI=1S/C21H17FN4O/c22-15-6-3-7-16(12-15)26-20-18(8-4-10-23-20)21(27)24-13-17-11-14-5-1-2-9-19(14)25-17/h1-12,25H,13H2,(H,23,26)(H,24,27). The second kappa shape index (κ2) is 7.29. The van der Waals surface area contributed by atoms with Gasteiger partial charge in [-0.3, -0.25) is 4.79 Å². The molecule has 6 heteroatoms. The highest BCUT2D eigenvalue weighted by Crippen LogP contribution is 2.19. The first-order chi connectivity index (χ1) is 13.2. The van der Waals surface area contributed by atoms with Gasteiger partial charge in [0.15, 0.2) is 0 Å². The normalized spacial score (nSPS) is 10.7. The summed E-state index contributed by atoms with van der Waals surface area (Å²) >= 11 is 0. The molecule has 0 saturated carbocycles. The number of aromatic amines is 1. The number of benzene rings is 2. The van der Waals surface area contributed by atoms with Crippen LogP contribution in [0.3, 0.4) is 0 Å². The lowest BCUT2D eigenvalue weighted by Gasteiger charge is -2.11. The summed E-state index contributed by atoms with van der Waals surface area (Å²) in [7, 11) is 0. The first-order valence-corrected chi connectivity index (χ1v) is 8.51. The van der Waals surface area contributed by atoms with Crippen LogP contribution in [-0.4, -0.2) is 15.9 Å². The van der Waals surface area contributed by atoms with Crippen LogP contribution >= 0.6 is 0 Å². The maximum Gasteiger partial charge on any atom is 0.255 e. The van der Waals surface area contributed by atoms with Gasteiger partial charge < -0.3 is 15.6 Å². The Morgan fingerprint density at radius 2 is 1.93 bits per heavy atom. The van der Waals surface area contributed by atoms with E-state index in [0.717, 1.165) is 16.6 Å². The second-order valence-corrected chi connectivity index (χ2v) is 6.10. The number of para-hydroxylation sites is 1. The number of aromatic nitrogens is 2. The molecule has 5 nitrogen and oxygen atoms in total. The van der Waals surface area contributed by atoms with Crippen LogP contribution in [-0.2, 0) is 6.54 Å². The van der Waals surface area contributed by atoms with Crippen molar-refractivity contribution < 1.29 is 9.18 Å². The number of hydrogen-bond acceptors (Lipinski definition) is 3. The Hall–Kier alpha value is -3.67. The molecule has 3 N–H and O–H groups in total. The van der Waals surface area contributed by atoms with Crippen LogP contribution in [0.1, 0.15) is 16.1 Å². The third-order valence-electron chi connectivity index (χ3n) is 4.16. The minimum Gasteiger partial charge on any atom is -0.357 e. The van der Waals surface area contributed by atoms with E-state index in [0.29, 0.717) is 23.6 Å². The fourth-order valence-electron chi connectivity index (χ4n) is 2.89. The van der Waals surface area contributed by atoms with E-state index in [2.05, 4.69) is 20.6 Å². The van der Waals surface area contributed by atoms with Gasteiger partial charge in [-0.25, -0.2) is 9.37 Å². The lowest BCUT2D eigenvalue weighted by molar-refractivity contribution is 0.0951. The van der Waals surface area contributed by atoms with Crippen LogP contribution < -0.4 is 10.6 Å². The summed E-state index contributed by atoms with van der Waals surface area (Å²) in [5.74, 6) is -0.251. The van der Waals surface area contributed by atoms with Gasteiger partial charge in [-0.1, -0.05) is 24.3 Å². The van der Waals surface area contributed by atoms with Gasteiger partial charge in [-0.2, -0.15) is 0 Å². The Morgan fingerprint density at radius 3 is 2.78 bits per heavy atom. The van der Waals surface area contributed by atoms with E-state index in [4.69, 9.17) is 0 Å². The number of carbonyl (C=O) groups excluding carboxylic acids is 1. The number of rotatable bonds is 5. The number of H-pyrrole nitrogens is 1. The second-order valence-electron chi connectivity index (χ2n) is 6.10. The Morgan fingerprint density at radius 1 is 1.04 bits per heavy atom. The molecule has 0 aliphatic rings. The number of hydrogen-bond donors (Lipinski definition) is 3. The van der Waals surface area contributed by atoms with Gasteiger partial charge >= 0.3 is 0 Å². The minimum atomic E-state index is -0.360. The number of nitrogens with one attached hydrogen (secondary N) is 3. The van der Waals surface area contributed by atoms with Gasteiger partial charge in [0, 0.05) is 23.1 Å². The van der Waals surface area contributed by atoms with Crippen LogP contribution in [0.2, 0.25) is 0 Å². The third-order valence-corrected chi connectivity index (χ3v) is 4.16. The van der Waals surface area contributed by atoms with E-state index in [1.165, 1.54) is 12.1 Å². The van der Waals surface area contributed by atoms with E-state index in [9.17, 15) is 9.18 Å². The average molecular weight is 360 g/mol. The zero-order valence-electron chi connectivity index (χ0n) is 14.4. The predicted octanol–water partition coefficient (Wildman–Crippen LogP) is 4.38. The van der Waals surface area contributed by atoms with Crippen LogP contribution in [0, 0.1) is 5.82 Å². The van der Waals surface area contributed by atoms with Crippen LogP contribution in [0.25, 0.3) is 10.9 Å². The number of pyridine rings is 1. The maximum absolute atomic E-state index is 13.4. The molecule has 0 saturated heterocycles. The molecule has 0 radical (unpaired) electrons. The van der Waals surface area contributed by atoms with Crippen molar-refractivity contribution in [3.63, 3.8) is 0 Å². The molecular weight excluding hydrogens is 343 g/mol. The summed E-state index contributed by atoms with van der Waals surface area (Å²) in [5.41, 5.74) is 2.85. The van der Waals surface area contributed by atoms with E-state index in [1.807, 2.05) is 30.3 Å². The molecule has 2 aromatic heterocycles. The van der Waals surface area contributed by atoms with E-state index >= 15 is 0 Å². The van der Waals surface area contributed by atoms with Crippen molar-refractivity contribution in [3.8, 4) is 0 Å². The molecule has 0 bridgehead atoms. The molecule has 134 valence electrons. The summed E-state index contributed by atoms with van der Waals surface area (Å²) in [5, 5.41) is 6.98. The Bertz CT molecular complexity index is 1070. The van der Waals surface area contributed by atoms with E-state index in [1.54, 1.807) is 30.5 Å². The van der Waals surface area contributed by atoms with Crippen LogP contribution in [0.5, 0.6) is 0 Å². The van der Waals surface area contributed by atoms with Crippen molar-refractivity contribution in [2.24, 2.45) is 0 Å². The largest absolute Gasteiger partial charge is 0.357 e. The lowest BCUT2D eigenvalue weighted by atomic mass is 10.2. The topological polar surface area (TPSA) is 69.8 Å². The zero-order valence-corrected chi connectivity index (χ0v) is 14.4. The summed E-state index contributed by atoms with van der Waals surface area (Å²) in [6, 6.07) is 19.3. The lowest BCUT2D eigenvalue weighted by Crippen LogP contribution is -2.24. The zero-order chi connectivity index (χ0) is 18.6. The molecule has 1 amide bonds. The van der Waals surface area contributed by atoms with Crippen molar-refractivity contribution in [1.29, 1.82) is 0 Å². The fraction of sp³-hybridized carbons (Fsp3) is 0.0476. The first-order valence-electron chi connectivity index (χ1n) is 8.51. The smallest absolute Gasteiger partial charge is 0.255 e. The number of carbonyl (C=O) groups is 1. The molecule has 0 aliphatic heterocycles. The molecule has 2 heterocycles. The molecule has 27 heavy (non-hydrogen) atoms. The van der Waals surface area contributed by atoms with Crippen molar-refractivity contribution >= 4 is 28.3 Å². The maximum atomic E-state index is 13.4. The Kier molecular flexibility index (Phi) is 4.53. The van der Waals surface area contributed by atoms with Gasteiger partial charge in [0.2, 0.25) is 0 Å². The molecule has 4 rings (SSSR count). The summed E-state index contributed by atoms with van der Waals surface area (Å²) in [6.07, 6.45) is 1.58. The highest BCUT2D eigenvalue weighted by molar-refractivity contribution is 5.99. The van der Waals surface area contributed by atoms with Crippen LogP contribution in [0.4, 0.5) is 15.9 Å². The van der Waals surface area contributed by atoms with Crippen molar-refractivity contribution in [1.82, 2.24) is 15.3 Å². The number of halogens is 1. The molecule has 0 aliphatic carbocycles. The van der Waals surface area contributed by atoms with Gasteiger partial charge in [0.1, 0.15) is 11.6 Å². The highest BCUT2D eigenvalue weighted by Gasteiger charge is 2.13. The summed E-state index contributed by atoms with van der Waals surface area (Å²) in [4.78, 5) is 20.1. The number of anilines is 2. The molecule has 4 aromatic rings. The van der Waals surface area contributed by atoms with Gasteiger partial charge in [0.25, 0.3) is 5.91 Å². The van der Waals surface area contributed by atoms with Gasteiger partial charge in [-0.15, -0.1) is 0 Å². The van der Waals surface area contributed by atoms with Crippen molar-refractivity contribution in [2.75, 3.05) is 5.32 Å². The first kappa shape index (κ1) is 16.8. The fourth-order valence-corrected chi connectivity index (χ4v) is 2.89. The number of fused-ring (bicyclic) bond motifs is 1. The Balaban J connectivity index is 1.50.